The van der Waals surface area contributed by atoms with E-state index in [2.05, 4.69) is 5.32 Å². The molecule has 4 rings (SSSR count). The molecule has 5 heteroatoms. The van der Waals surface area contributed by atoms with Gasteiger partial charge in [0.2, 0.25) is 11.8 Å². The van der Waals surface area contributed by atoms with E-state index in [0.717, 1.165) is 44.1 Å². The molecule has 5 nitrogen and oxygen atoms in total. The molecule has 1 aromatic rings. The van der Waals surface area contributed by atoms with Crippen LogP contribution in [0.15, 0.2) is 30.3 Å². The molecule has 1 heterocycles. The Morgan fingerprint density at radius 3 is 2.52 bits per heavy atom. The predicted octanol–water partition coefficient (Wildman–Crippen LogP) is 2.40. The highest BCUT2D eigenvalue weighted by Gasteiger charge is 2.52. The highest BCUT2D eigenvalue weighted by molar-refractivity contribution is 5.90. The molecular weight excluding hydrogens is 316 g/mol. The van der Waals surface area contributed by atoms with Crippen LogP contribution in [0.2, 0.25) is 0 Å². The van der Waals surface area contributed by atoms with Crippen LogP contribution in [0.4, 0.5) is 0 Å². The number of hydrogen-bond acceptors (Lipinski definition) is 3. The smallest absolute Gasteiger partial charge is 0.245 e. The lowest BCUT2D eigenvalue weighted by Crippen LogP contribution is -2.57. The summed E-state index contributed by atoms with van der Waals surface area (Å²) in [6, 6.07) is 9.55. The second-order valence-corrected chi connectivity index (χ2v) is 7.54. The first kappa shape index (κ1) is 16.6. The van der Waals surface area contributed by atoms with E-state index in [4.69, 9.17) is 4.74 Å². The lowest BCUT2D eigenvalue weighted by Gasteiger charge is -2.41. The van der Waals surface area contributed by atoms with Gasteiger partial charge in [0.1, 0.15) is 11.8 Å². The maximum atomic E-state index is 13.2. The van der Waals surface area contributed by atoms with Crippen molar-refractivity contribution in [3.8, 4) is 0 Å². The molecule has 3 fully saturated rings. The Balaban J connectivity index is 1.56. The van der Waals surface area contributed by atoms with Crippen molar-refractivity contribution in [2.75, 3.05) is 6.61 Å². The fraction of sp³-hybridized carbons (Fsp3) is 0.600. The molecule has 2 saturated carbocycles. The number of nitrogens with zero attached hydrogens (tertiary/aromatic N) is 1. The van der Waals surface area contributed by atoms with Gasteiger partial charge in [-0.3, -0.25) is 14.5 Å². The molecule has 1 unspecified atom stereocenters. The van der Waals surface area contributed by atoms with E-state index in [1.807, 2.05) is 30.3 Å². The van der Waals surface area contributed by atoms with E-state index < -0.39 is 11.8 Å². The fourth-order valence-corrected chi connectivity index (χ4v) is 4.13. The number of carbonyl (C=O) groups is 2. The van der Waals surface area contributed by atoms with Crippen LogP contribution in [-0.2, 0) is 20.7 Å². The maximum Gasteiger partial charge on any atom is 0.245 e. The van der Waals surface area contributed by atoms with Crippen molar-refractivity contribution in [1.82, 2.24) is 10.2 Å². The zero-order chi connectivity index (χ0) is 17.3. The van der Waals surface area contributed by atoms with Gasteiger partial charge < -0.3 is 10.1 Å². The first-order chi connectivity index (χ1) is 12.2. The Morgan fingerprint density at radius 2 is 1.84 bits per heavy atom. The summed E-state index contributed by atoms with van der Waals surface area (Å²) in [6.45, 7) is 0.319. The highest BCUT2D eigenvalue weighted by Crippen LogP contribution is 2.41. The van der Waals surface area contributed by atoms with Gasteiger partial charge in [-0.05, 0) is 44.1 Å². The van der Waals surface area contributed by atoms with E-state index >= 15 is 0 Å². The first-order valence-electron chi connectivity index (χ1n) is 9.48. The monoisotopic (exact) mass is 342 g/mol. The van der Waals surface area contributed by atoms with Crippen molar-refractivity contribution < 1.29 is 14.3 Å². The molecule has 1 N–H and O–H groups in total. The Hall–Kier alpha value is -1.88. The summed E-state index contributed by atoms with van der Waals surface area (Å²) in [5.41, 5.74) is 0.405. The normalized spacial score (nSPS) is 25.1. The van der Waals surface area contributed by atoms with Gasteiger partial charge in [0, 0.05) is 6.04 Å². The third kappa shape index (κ3) is 3.43. The van der Waals surface area contributed by atoms with Gasteiger partial charge in [-0.25, -0.2) is 0 Å². The van der Waals surface area contributed by atoms with Gasteiger partial charge in [-0.1, -0.05) is 36.8 Å². The van der Waals surface area contributed by atoms with Gasteiger partial charge in [0.15, 0.2) is 0 Å². The van der Waals surface area contributed by atoms with Crippen LogP contribution >= 0.6 is 0 Å². The molecule has 134 valence electrons. The average molecular weight is 342 g/mol. The molecule has 2 amide bonds. The van der Waals surface area contributed by atoms with Crippen molar-refractivity contribution in [2.24, 2.45) is 0 Å². The SMILES string of the molecule is O=C(NC1CC1)C1COC2(CCCCC2)N1C(=O)Cc1ccccc1. The zero-order valence-corrected chi connectivity index (χ0v) is 14.6. The standard InChI is InChI=1S/C20H26N2O3/c23-18(13-15-7-3-1-4-8-15)22-17(19(24)21-16-9-10-16)14-25-20(22)11-5-2-6-12-20/h1,3-4,7-8,16-17H,2,5-6,9-14H2,(H,21,24). The predicted molar refractivity (Wildman–Crippen MR) is 93.7 cm³/mol. The topological polar surface area (TPSA) is 58.6 Å². The first-order valence-corrected chi connectivity index (χ1v) is 9.48. The van der Waals surface area contributed by atoms with Gasteiger partial charge in [0.25, 0.3) is 0 Å². The Kier molecular flexibility index (Phi) is 4.50. The molecule has 2 aliphatic carbocycles. The van der Waals surface area contributed by atoms with E-state index in [1.54, 1.807) is 4.90 Å². The molecule has 1 aliphatic heterocycles. The van der Waals surface area contributed by atoms with Crippen LogP contribution in [0.5, 0.6) is 0 Å². The minimum Gasteiger partial charge on any atom is -0.353 e. The summed E-state index contributed by atoms with van der Waals surface area (Å²) >= 11 is 0. The molecule has 1 spiro atoms. The maximum absolute atomic E-state index is 13.2. The molecule has 25 heavy (non-hydrogen) atoms. The lowest BCUT2D eigenvalue weighted by atomic mass is 9.89. The van der Waals surface area contributed by atoms with Crippen LogP contribution in [0.1, 0.15) is 50.5 Å². The summed E-state index contributed by atoms with van der Waals surface area (Å²) < 4.78 is 6.13. The van der Waals surface area contributed by atoms with E-state index in [0.29, 0.717) is 19.1 Å². The molecule has 0 aromatic heterocycles. The Labute approximate surface area is 148 Å². The van der Waals surface area contributed by atoms with Gasteiger partial charge >= 0.3 is 0 Å². The molecule has 1 aromatic carbocycles. The largest absolute Gasteiger partial charge is 0.353 e. The zero-order valence-electron chi connectivity index (χ0n) is 14.6. The van der Waals surface area contributed by atoms with Crippen molar-refractivity contribution in [1.29, 1.82) is 0 Å². The lowest BCUT2D eigenvalue weighted by molar-refractivity contribution is -0.159. The van der Waals surface area contributed by atoms with Gasteiger partial charge in [0.05, 0.1) is 13.0 Å². The highest BCUT2D eigenvalue weighted by atomic mass is 16.5. The molecular formula is C20H26N2O3. The van der Waals surface area contributed by atoms with Crippen LogP contribution in [0, 0.1) is 0 Å². The number of rotatable bonds is 4. The number of amides is 2. The Morgan fingerprint density at radius 1 is 1.12 bits per heavy atom. The van der Waals surface area contributed by atoms with Crippen LogP contribution < -0.4 is 5.32 Å². The number of nitrogens with one attached hydrogen (secondary N) is 1. The van der Waals surface area contributed by atoms with E-state index in [9.17, 15) is 9.59 Å². The number of benzene rings is 1. The van der Waals surface area contributed by atoms with Crippen LogP contribution in [0.25, 0.3) is 0 Å². The van der Waals surface area contributed by atoms with Crippen LogP contribution in [0.3, 0.4) is 0 Å². The number of ether oxygens (including phenoxy) is 1. The van der Waals surface area contributed by atoms with Crippen molar-refractivity contribution in [3.05, 3.63) is 35.9 Å². The third-order valence-electron chi connectivity index (χ3n) is 5.59. The summed E-state index contributed by atoms with van der Waals surface area (Å²) in [5.74, 6) is -0.0482. The van der Waals surface area contributed by atoms with Crippen LogP contribution in [-0.4, -0.2) is 41.1 Å². The molecule has 1 atom stereocenters. The molecule has 3 aliphatic rings. The van der Waals surface area contributed by atoms with Crippen molar-refractivity contribution in [2.45, 2.75) is 69.2 Å². The minimum absolute atomic E-state index is 0.00143. The second kappa shape index (κ2) is 6.79. The molecule has 0 bridgehead atoms. The Bertz CT molecular complexity index is 636. The third-order valence-corrected chi connectivity index (χ3v) is 5.59. The summed E-state index contributed by atoms with van der Waals surface area (Å²) in [6.07, 6.45) is 7.34. The van der Waals surface area contributed by atoms with Crippen molar-refractivity contribution >= 4 is 11.8 Å². The molecule has 0 radical (unpaired) electrons. The second-order valence-electron chi connectivity index (χ2n) is 7.54. The fourth-order valence-electron chi connectivity index (χ4n) is 4.13. The van der Waals surface area contributed by atoms with E-state index in [-0.39, 0.29) is 11.8 Å². The van der Waals surface area contributed by atoms with Crippen molar-refractivity contribution in [3.63, 3.8) is 0 Å². The quantitative estimate of drug-likeness (QED) is 0.914. The van der Waals surface area contributed by atoms with Gasteiger partial charge in [-0.2, -0.15) is 0 Å². The number of hydrogen-bond donors (Lipinski definition) is 1. The average Bonchev–Trinajstić information content (AvgIpc) is 3.36. The summed E-state index contributed by atoms with van der Waals surface area (Å²) in [7, 11) is 0. The van der Waals surface area contributed by atoms with E-state index in [1.165, 1.54) is 6.42 Å². The minimum atomic E-state index is -0.574. The molecule has 1 saturated heterocycles. The summed E-state index contributed by atoms with van der Waals surface area (Å²) in [5, 5.41) is 3.05. The number of carbonyl (C=O) groups excluding carboxylic acids is 2. The summed E-state index contributed by atoms with van der Waals surface area (Å²) in [4.78, 5) is 27.7. The van der Waals surface area contributed by atoms with Gasteiger partial charge in [-0.15, -0.1) is 0 Å².